The highest BCUT2D eigenvalue weighted by Crippen LogP contribution is 2.31. The maximum Gasteiger partial charge on any atom is 0.278 e. The molecule has 128 valence electrons. The number of aromatic nitrogens is 2. The molecule has 1 aromatic carbocycles. The van der Waals surface area contributed by atoms with Crippen molar-refractivity contribution in [3.05, 3.63) is 59.5 Å². The quantitative estimate of drug-likeness (QED) is 0.797. The van der Waals surface area contributed by atoms with Crippen LogP contribution in [0.4, 0.5) is 5.69 Å². The third-order valence-electron chi connectivity index (χ3n) is 4.62. The van der Waals surface area contributed by atoms with E-state index in [9.17, 15) is 4.79 Å². The monoisotopic (exact) mass is 336 g/mol. The van der Waals surface area contributed by atoms with Crippen molar-refractivity contribution >= 4 is 17.2 Å². The fraction of sp³-hybridized carbons (Fsp3) is 0.263. The summed E-state index contributed by atoms with van der Waals surface area (Å²) in [5.41, 5.74) is 9.94. The Balaban J connectivity index is 1.70. The van der Waals surface area contributed by atoms with Gasteiger partial charge >= 0.3 is 0 Å². The second kappa shape index (κ2) is 6.22. The summed E-state index contributed by atoms with van der Waals surface area (Å²) in [6.45, 7) is 1.15. The summed E-state index contributed by atoms with van der Waals surface area (Å²) < 4.78 is 7.15. The van der Waals surface area contributed by atoms with E-state index in [4.69, 9.17) is 10.5 Å². The summed E-state index contributed by atoms with van der Waals surface area (Å²) >= 11 is 0. The molecule has 2 N–H and O–H groups in total. The Morgan fingerprint density at radius 1 is 1.28 bits per heavy atom. The van der Waals surface area contributed by atoms with Gasteiger partial charge in [0.2, 0.25) is 0 Å². The van der Waals surface area contributed by atoms with Gasteiger partial charge in [0.25, 0.3) is 5.91 Å². The van der Waals surface area contributed by atoms with E-state index in [0.29, 0.717) is 18.8 Å². The maximum atomic E-state index is 13.0. The molecular formula is C19H20N4O2. The lowest BCUT2D eigenvalue weighted by Gasteiger charge is -2.29. The minimum Gasteiger partial charge on any atom is -0.497 e. The van der Waals surface area contributed by atoms with Crippen molar-refractivity contribution in [2.75, 3.05) is 18.6 Å². The van der Waals surface area contributed by atoms with Crippen LogP contribution in [0.25, 0.3) is 5.65 Å². The number of benzene rings is 1. The van der Waals surface area contributed by atoms with E-state index in [1.54, 1.807) is 13.3 Å². The Labute approximate surface area is 145 Å². The molecular weight excluding hydrogens is 316 g/mol. The first-order valence-corrected chi connectivity index (χ1v) is 8.36. The molecule has 0 radical (unpaired) electrons. The highest BCUT2D eigenvalue weighted by molar-refractivity contribution is 6.05. The number of anilines is 1. The molecule has 0 fully saturated rings. The van der Waals surface area contributed by atoms with Gasteiger partial charge in [0.1, 0.15) is 17.1 Å². The molecule has 4 rings (SSSR count). The Kier molecular flexibility index (Phi) is 3.89. The number of aryl methyl sites for hydroxylation is 1. The summed E-state index contributed by atoms with van der Waals surface area (Å²) in [4.78, 5) is 19.3. The van der Waals surface area contributed by atoms with E-state index >= 15 is 0 Å². The molecule has 0 atom stereocenters. The number of nitrogens with zero attached hydrogens (tertiary/aromatic N) is 3. The summed E-state index contributed by atoms with van der Waals surface area (Å²) in [6.07, 6.45) is 5.56. The number of carbonyl (C=O) groups excluding carboxylic acids is 1. The van der Waals surface area contributed by atoms with Crippen LogP contribution in [0.3, 0.4) is 0 Å². The van der Waals surface area contributed by atoms with Crippen molar-refractivity contribution in [3.8, 4) is 5.75 Å². The van der Waals surface area contributed by atoms with Crippen molar-refractivity contribution in [2.45, 2.75) is 19.4 Å². The Morgan fingerprint density at radius 2 is 2.16 bits per heavy atom. The van der Waals surface area contributed by atoms with Gasteiger partial charge in [-0.1, -0.05) is 6.07 Å². The number of pyridine rings is 1. The van der Waals surface area contributed by atoms with Gasteiger partial charge in [0, 0.05) is 31.2 Å². The molecule has 3 aromatic rings. The topological polar surface area (TPSA) is 72.9 Å². The maximum absolute atomic E-state index is 13.0. The van der Waals surface area contributed by atoms with Crippen molar-refractivity contribution in [1.82, 2.24) is 9.38 Å². The molecule has 0 bridgehead atoms. The summed E-state index contributed by atoms with van der Waals surface area (Å²) in [6, 6.07) is 9.66. The van der Waals surface area contributed by atoms with E-state index in [1.165, 1.54) is 0 Å². The predicted molar refractivity (Wildman–Crippen MR) is 96.1 cm³/mol. The largest absolute Gasteiger partial charge is 0.497 e. The Morgan fingerprint density at radius 3 is 2.96 bits per heavy atom. The molecule has 2 aromatic heterocycles. The number of nitrogens with two attached hydrogens (primary N) is 1. The zero-order valence-electron chi connectivity index (χ0n) is 14.1. The van der Waals surface area contributed by atoms with Crippen LogP contribution in [0.2, 0.25) is 0 Å². The number of hydrogen-bond acceptors (Lipinski definition) is 4. The van der Waals surface area contributed by atoms with Crippen LogP contribution < -0.4 is 15.4 Å². The first kappa shape index (κ1) is 15.7. The molecule has 0 saturated heterocycles. The molecule has 25 heavy (non-hydrogen) atoms. The molecule has 6 heteroatoms. The number of amides is 1. The van der Waals surface area contributed by atoms with Crippen LogP contribution >= 0.6 is 0 Å². The van der Waals surface area contributed by atoms with Crippen LogP contribution in [-0.4, -0.2) is 28.9 Å². The number of methoxy groups -OCH3 is 1. The first-order chi connectivity index (χ1) is 12.2. The fourth-order valence-corrected chi connectivity index (χ4v) is 3.31. The van der Waals surface area contributed by atoms with Crippen LogP contribution in [0.15, 0.2) is 42.7 Å². The third kappa shape index (κ3) is 2.74. The summed E-state index contributed by atoms with van der Waals surface area (Å²) in [5, 5.41) is 0. The average Bonchev–Trinajstić information content (AvgIpc) is 3.09. The number of imidazole rings is 1. The van der Waals surface area contributed by atoms with E-state index in [2.05, 4.69) is 4.98 Å². The van der Waals surface area contributed by atoms with Gasteiger partial charge in [0.05, 0.1) is 7.11 Å². The second-order valence-corrected chi connectivity index (χ2v) is 6.19. The molecule has 1 amide bonds. The average molecular weight is 336 g/mol. The third-order valence-corrected chi connectivity index (χ3v) is 4.62. The van der Waals surface area contributed by atoms with Crippen LogP contribution in [-0.2, 0) is 13.0 Å². The summed E-state index contributed by atoms with van der Waals surface area (Å²) in [5.74, 6) is 0.735. The first-order valence-electron chi connectivity index (χ1n) is 8.36. The molecule has 1 aliphatic rings. The number of fused-ring (bicyclic) bond motifs is 2. The molecule has 0 unspecified atom stereocenters. The van der Waals surface area contributed by atoms with E-state index in [-0.39, 0.29) is 5.91 Å². The molecule has 0 aliphatic carbocycles. The lowest BCUT2D eigenvalue weighted by molar-refractivity contribution is 0.0981. The van der Waals surface area contributed by atoms with Crippen molar-refractivity contribution in [3.63, 3.8) is 0 Å². The lowest BCUT2D eigenvalue weighted by atomic mass is 10.0. The van der Waals surface area contributed by atoms with Gasteiger partial charge in [0.15, 0.2) is 0 Å². The number of hydrogen-bond donors (Lipinski definition) is 1. The van der Waals surface area contributed by atoms with E-state index in [1.807, 2.05) is 45.8 Å². The molecule has 3 heterocycles. The van der Waals surface area contributed by atoms with Gasteiger partial charge in [-0.2, -0.15) is 0 Å². The zero-order chi connectivity index (χ0) is 17.4. The summed E-state index contributed by atoms with van der Waals surface area (Å²) in [7, 11) is 1.65. The Hall–Kier alpha value is -2.86. The van der Waals surface area contributed by atoms with Crippen LogP contribution in [0.5, 0.6) is 5.75 Å². The van der Waals surface area contributed by atoms with Crippen LogP contribution in [0, 0.1) is 0 Å². The van der Waals surface area contributed by atoms with E-state index in [0.717, 1.165) is 41.1 Å². The standard InChI is InChI=1S/C19H20N4O2/c1-25-15-5-6-17-14(9-15)3-2-8-23(17)19(24)16-12-22-11-13(10-20)4-7-18(22)21-16/h4-7,9,11-12H,2-3,8,10,20H2,1H3. The van der Waals surface area contributed by atoms with Gasteiger partial charge in [-0.25, -0.2) is 4.98 Å². The lowest BCUT2D eigenvalue weighted by Crippen LogP contribution is -2.35. The van der Waals surface area contributed by atoms with Crippen LogP contribution in [0.1, 0.15) is 28.0 Å². The second-order valence-electron chi connectivity index (χ2n) is 6.19. The highest BCUT2D eigenvalue weighted by Gasteiger charge is 2.25. The zero-order valence-corrected chi connectivity index (χ0v) is 14.1. The Bertz CT molecular complexity index is 948. The van der Waals surface area contributed by atoms with Gasteiger partial charge in [-0.3, -0.25) is 4.79 Å². The number of ether oxygens (including phenoxy) is 1. The minimum absolute atomic E-state index is 0.0795. The number of carbonyl (C=O) groups is 1. The SMILES string of the molecule is COc1ccc2c(c1)CCCN2C(=O)c1cn2cc(CN)ccc2n1. The van der Waals surface area contributed by atoms with Gasteiger partial charge in [-0.05, 0) is 48.2 Å². The normalized spacial score (nSPS) is 13.8. The van der Waals surface area contributed by atoms with Crippen molar-refractivity contribution in [1.29, 1.82) is 0 Å². The highest BCUT2D eigenvalue weighted by atomic mass is 16.5. The molecule has 1 aliphatic heterocycles. The molecule has 0 saturated carbocycles. The predicted octanol–water partition coefficient (Wildman–Crippen LogP) is 2.39. The van der Waals surface area contributed by atoms with E-state index < -0.39 is 0 Å². The van der Waals surface area contributed by atoms with Gasteiger partial charge < -0.3 is 19.8 Å². The van der Waals surface area contributed by atoms with Crippen molar-refractivity contribution < 1.29 is 9.53 Å². The fourth-order valence-electron chi connectivity index (χ4n) is 3.31. The number of rotatable bonds is 3. The minimum atomic E-state index is -0.0795. The molecule has 6 nitrogen and oxygen atoms in total. The van der Waals surface area contributed by atoms with Crippen molar-refractivity contribution in [2.24, 2.45) is 5.73 Å². The molecule has 0 spiro atoms. The smallest absolute Gasteiger partial charge is 0.278 e. The van der Waals surface area contributed by atoms with Gasteiger partial charge in [-0.15, -0.1) is 0 Å².